The van der Waals surface area contributed by atoms with Crippen molar-refractivity contribution in [1.29, 1.82) is 0 Å². The zero-order chi connectivity index (χ0) is 17.2. The number of tetrazole rings is 1. The summed E-state index contributed by atoms with van der Waals surface area (Å²) in [5.41, 5.74) is 0.649. The maximum atomic E-state index is 12.0. The zero-order valence-electron chi connectivity index (χ0n) is 13.9. The van der Waals surface area contributed by atoms with Crippen molar-refractivity contribution in [3.8, 4) is 5.69 Å². The summed E-state index contributed by atoms with van der Waals surface area (Å²) in [6.07, 6.45) is 0. The van der Waals surface area contributed by atoms with Crippen molar-refractivity contribution >= 4 is 28.4 Å². The summed E-state index contributed by atoms with van der Waals surface area (Å²) >= 11 is 1.32. The minimum absolute atomic E-state index is 0.0417. The summed E-state index contributed by atoms with van der Waals surface area (Å²) in [6, 6.07) is 14.1. The van der Waals surface area contributed by atoms with Crippen molar-refractivity contribution in [3.63, 3.8) is 0 Å². The summed E-state index contributed by atoms with van der Waals surface area (Å²) in [6.45, 7) is 5.86. The van der Waals surface area contributed by atoms with Crippen molar-refractivity contribution in [2.45, 2.75) is 31.5 Å². The van der Waals surface area contributed by atoms with Crippen LogP contribution in [0.1, 0.15) is 20.8 Å². The lowest BCUT2D eigenvalue weighted by Gasteiger charge is -2.20. The van der Waals surface area contributed by atoms with Gasteiger partial charge in [0.2, 0.25) is 11.1 Å². The molecule has 3 rings (SSSR count). The minimum atomic E-state index is -0.251. The van der Waals surface area contributed by atoms with Crippen molar-refractivity contribution in [2.75, 3.05) is 5.75 Å². The molecule has 0 aliphatic rings. The number of hydrogen-bond acceptors (Lipinski definition) is 5. The summed E-state index contributed by atoms with van der Waals surface area (Å²) in [5.74, 6) is 0.225. The van der Waals surface area contributed by atoms with Gasteiger partial charge < -0.3 is 5.32 Å². The maximum absolute atomic E-state index is 12.0. The lowest BCUT2D eigenvalue weighted by molar-refractivity contribution is -0.119. The van der Waals surface area contributed by atoms with Gasteiger partial charge in [0.1, 0.15) is 0 Å². The van der Waals surface area contributed by atoms with Crippen LogP contribution in [0.5, 0.6) is 0 Å². The van der Waals surface area contributed by atoms with Gasteiger partial charge in [0.15, 0.2) is 0 Å². The quantitative estimate of drug-likeness (QED) is 0.739. The number of nitrogens with zero attached hydrogens (tertiary/aromatic N) is 4. The Morgan fingerprint density at radius 3 is 2.71 bits per heavy atom. The van der Waals surface area contributed by atoms with Gasteiger partial charge in [0.05, 0.1) is 11.4 Å². The van der Waals surface area contributed by atoms with E-state index < -0.39 is 0 Å². The Morgan fingerprint density at radius 1 is 1.17 bits per heavy atom. The van der Waals surface area contributed by atoms with Gasteiger partial charge in [0, 0.05) is 10.9 Å². The lowest BCUT2D eigenvalue weighted by atomic mass is 10.1. The monoisotopic (exact) mass is 341 g/mol. The Labute approximate surface area is 144 Å². The molecule has 1 N–H and O–H groups in total. The van der Waals surface area contributed by atoms with Gasteiger partial charge in [-0.25, -0.2) is 0 Å². The molecule has 1 heterocycles. The first-order valence-corrected chi connectivity index (χ1v) is 8.63. The molecule has 0 atom stereocenters. The topological polar surface area (TPSA) is 72.7 Å². The molecular weight excluding hydrogens is 322 g/mol. The highest BCUT2D eigenvalue weighted by molar-refractivity contribution is 7.99. The molecule has 0 spiro atoms. The molecule has 0 bridgehead atoms. The number of rotatable bonds is 4. The normalized spacial score (nSPS) is 11.6. The molecule has 7 heteroatoms. The minimum Gasteiger partial charge on any atom is -0.351 e. The zero-order valence-corrected chi connectivity index (χ0v) is 14.7. The fraction of sp³-hybridized carbons (Fsp3) is 0.294. The number of nitrogens with one attached hydrogen (secondary N) is 1. The van der Waals surface area contributed by atoms with E-state index >= 15 is 0 Å². The molecule has 1 amide bonds. The van der Waals surface area contributed by atoms with Crippen LogP contribution in [0.2, 0.25) is 0 Å². The second kappa shape index (κ2) is 6.60. The van der Waals surface area contributed by atoms with Gasteiger partial charge in [-0.1, -0.05) is 48.2 Å². The number of fused-ring (bicyclic) bond motifs is 1. The fourth-order valence-electron chi connectivity index (χ4n) is 2.40. The molecule has 0 fully saturated rings. The van der Waals surface area contributed by atoms with Crippen molar-refractivity contribution in [3.05, 3.63) is 42.5 Å². The van der Waals surface area contributed by atoms with E-state index in [-0.39, 0.29) is 17.2 Å². The Morgan fingerprint density at radius 2 is 1.92 bits per heavy atom. The Bertz CT molecular complexity index is 863. The maximum Gasteiger partial charge on any atom is 0.230 e. The van der Waals surface area contributed by atoms with Crippen molar-refractivity contribution in [2.24, 2.45) is 0 Å². The van der Waals surface area contributed by atoms with Crippen LogP contribution in [0.4, 0.5) is 0 Å². The van der Waals surface area contributed by atoms with Gasteiger partial charge in [0.25, 0.3) is 0 Å². The van der Waals surface area contributed by atoms with E-state index in [9.17, 15) is 4.79 Å². The van der Waals surface area contributed by atoms with E-state index in [1.807, 2.05) is 63.2 Å². The number of benzene rings is 2. The standard InChI is InChI=1S/C17H19N5OS/c1-17(2,3)18-15(23)11-24-16-19-20-21-22(16)14-10-6-8-12-7-4-5-9-13(12)14/h4-10H,11H2,1-3H3,(H,18,23). The van der Waals surface area contributed by atoms with E-state index in [1.54, 1.807) is 4.68 Å². The highest BCUT2D eigenvalue weighted by atomic mass is 32.2. The fourth-order valence-corrected chi connectivity index (χ4v) is 3.08. The molecule has 0 unspecified atom stereocenters. The first-order valence-electron chi connectivity index (χ1n) is 7.64. The van der Waals surface area contributed by atoms with E-state index in [4.69, 9.17) is 0 Å². The molecule has 0 saturated carbocycles. The first-order chi connectivity index (χ1) is 11.4. The molecule has 0 radical (unpaired) electrons. The highest BCUT2D eigenvalue weighted by Gasteiger charge is 2.16. The second-order valence-electron chi connectivity index (χ2n) is 6.46. The Hall–Kier alpha value is -2.41. The van der Waals surface area contributed by atoms with Gasteiger partial charge in [-0.2, -0.15) is 4.68 Å². The van der Waals surface area contributed by atoms with Gasteiger partial charge in [-0.3, -0.25) is 4.79 Å². The molecule has 3 aromatic rings. The van der Waals surface area contributed by atoms with Crippen LogP contribution in [0.25, 0.3) is 16.5 Å². The van der Waals surface area contributed by atoms with Crippen LogP contribution in [-0.2, 0) is 4.79 Å². The molecule has 2 aromatic carbocycles. The van der Waals surface area contributed by atoms with Crippen LogP contribution >= 0.6 is 11.8 Å². The van der Waals surface area contributed by atoms with E-state index in [0.717, 1.165) is 16.5 Å². The third-order valence-corrected chi connectivity index (χ3v) is 4.20. The number of carbonyl (C=O) groups excluding carboxylic acids is 1. The van der Waals surface area contributed by atoms with Gasteiger partial charge in [-0.15, -0.1) is 5.10 Å². The third-order valence-electron chi connectivity index (χ3n) is 3.28. The smallest absolute Gasteiger partial charge is 0.230 e. The first kappa shape index (κ1) is 16.4. The molecule has 0 saturated heterocycles. The van der Waals surface area contributed by atoms with Crippen LogP contribution in [0.15, 0.2) is 47.6 Å². The molecule has 0 aliphatic carbocycles. The average Bonchev–Trinajstić information content (AvgIpc) is 2.99. The van der Waals surface area contributed by atoms with Crippen LogP contribution in [0.3, 0.4) is 0 Å². The summed E-state index contributed by atoms with van der Waals surface area (Å²) < 4.78 is 1.68. The summed E-state index contributed by atoms with van der Waals surface area (Å²) in [7, 11) is 0. The van der Waals surface area contributed by atoms with Crippen LogP contribution in [0, 0.1) is 0 Å². The average molecular weight is 341 g/mol. The second-order valence-corrected chi connectivity index (χ2v) is 7.40. The molecule has 1 aromatic heterocycles. The Kier molecular flexibility index (Phi) is 4.53. The molecular formula is C17H19N5OS. The SMILES string of the molecule is CC(C)(C)NC(=O)CSc1nnnn1-c1cccc2ccccc12. The van der Waals surface area contributed by atoms with E-state index in [0.29, 0.717) is 5.16 Å². The molecule has 124 valence electrons. The summed E-state index contributed by atoms with van der Waals surface area (Å²) in [4.78, 5) is 12.0. The van der Waals surface area contributed by atoms with Gasteiger partial charge in [-0.05, 0) is 42.7 Å². The number of amides is 1. The Balaban J connectivity index is 1.84. The predicted molar refractivity (Wildman–Crippen MR) is 95.3 cm³/mol. The lowest BCUT2D eigenvalue weighted by Crippen LogP contribution is -2.41. The van der Waals surface area contributed by atoms with Crippen molar-refractivity contribution in [1.82, 2.24) is 25.5 Å². The van der Waals surface area contributed by atoms with Crippen molar-refractivity contribution < 1.29 is 4.79 Å². The van der Waals surface area contributed by atoms with E-state index in [1.165, 1.54) is 11.8 Å². The third kappa shape index (κ3) is 3.73. The number of carbonyl (C=O) groups is 1. The van der Waals surface area contributed by atoms with Gasteiger partial charge >= 0.3 is 0 Å². The largest absolute Gasteiger partial charge is 0.351 e. The predicted octanol–water partition coefficient (Wildman–Crippen LogP) is 2.82. The number of aromatic nitrogens is 4. The highest BCUT2D eigenvalue weighted by Crippen LogP contribution is 2.25. The van der Waals surface area contributed by atoms with Crippen LogP contribution < -0.4 is 5.32 Å². The molecule has 6 nitrogen and oxygen atoms in total. The summed E-state index contributed by atoms with van der Waals surface area (Å²) in [5, 5.41) is 17.6. The van der Waals surface area contributed by atoms with E-state index in [2.05, 4.69) is 20.8 Å². The molecule has 24 heavy (non-hydrogen) atoms. The number of thioether (sulfide) groups is 1. The number of hydrogen-bond donors (Lipinski definition) is 1. The molecule has 0 aliphatic heterocycles. The van der Waals surface area contributed by atoms with Crippen LogP contribution in [-0.4, -0.2) is 37.4 Å².